The average Bonchev–Trinajstić information content (AvgIpc) is 2.46. The number of nitrogen functional groups attached to an aromatic ring is 1. The van der Waals surface area contributed by atoms with Crippen LogP contribution in [-0.4, -0.2) is 43.5 Å². The molecule has 0 aliphatic carbocycles. The number of anilines is 2. The Hall–Kier alpha value is -1.95. The van der Waals surface area contributed by atoms with Crippen LogP contribution in [0, 0.1) is 0 Å². The van der Waals surface area contributed by atoms with Crippen molar-refractivity contribution >= 4 is 34.9 Å². The van der Waals surface area contributed by atoms with Crippen LogP contribution in [0.25, 0.3) is 0 Å². The number of esters is 1. The van der Waals surface area contributed by atoms with E-state index < -0.39 is 5.97 Å². The van der Waals surface area contributed by atoms with Crippen LogP contribution in [0.15, 0.2) is 12.1 Å². The summed E-state index contributed by atoms with van der Waals surface area (Å²) in [5.74, 6) is -0.648. The van der Waals surface area contributed by atoms with Crippen molar-refractivity contribution in [3.63, 3.8) is 0 Å². The lowest BCUT2D eigenvalue weighted by Crippen LogP contribution is -2.35. The van der Waals surface area contributed by atoms with Gasteiger partial charge in [-0.1, -0.05) is 11.6 Å². The Bertz CT molecular complexity index is 530. The number of halogens is 1. The van der Waals surface area contributed by atoms with E-state index in [4.69, 9.17) is 22.1 Å². The van der Waals surface area contributed by atoms with Crippen molar-refractivity contribution in [2.24, 2.45) is 0 Å². The van der Waals surface area contributed by atoms with E-state index in [1.807, 2.05) is 13.8 Å². The number of nitrogens with one attached hydrogen (secondary N) is 1. The minimum Gasteiger partial charge on any atom is -0.465 e. The second kappa shape index (κ2) is 7.73. The number of amides is 1. The Morgan fingerprint density at radius 1 is 1.33 bits per heavy atom. The van der Waals surface area contributed by atoms with Gasteiger partial charge in [-0.2, -0.15) is 0 Å². The van der Waals surface area contributed by atoms with Crippen LogP contribution < -0.4 is 11.1 Å². The van der Waals surface area contributed by atoms with Crippen LogP contribution in [0.1, 0.15) is 24.2 Å². The van der Waals surface area contributed by atoms with Gasteiger partial charge in [-0.3, -0.25) is 4.79 Å². The highest BCUT2D eigenvalue weighted by molar-refractivity contribution is 6.34. The first-order chi connectivity index (χ1) is 9.94. The standard InChI is InChI=1S/C14H20ClN3O3/c1-4-18(5-2)12(19)8-17-13-10(14(20)21-3)6-9(16)7-11(13)15/h6-7,17H,4-5,8,16H2,1-3H3. The minimum atomic E-state index is -0.568. The molecule has 0 aromatic heterocycles. The van der Waals surface area contributed by atoms with Crippen molar-refractivity contribution in [3.8, 4) is 0 Å². The third-order valence-corrected chi connectivity index (χ3v) is 3.35. The van der Waals surface area contributed by atoms with Gasteiger partial charge in [0.15, 0.2) is 0 Å². The molecular weight excluding hydrogens is 294 g/mol. The normalized spacial score (nSPS) is 10.1. The quantitative estimate of drug-likeness (QED) is 0.620. The number of ether oxygens (including phenoxy) is 1. The number of benzene rings is 1. The molecule has 0 saturated carbocycles. The van der Waals surface area contributed by atoms with Crippen LogP contribution in [0.4, 0.5) is 11.4 Å². The highest BCUT2D eigenvalue weighted by Gasteiger charge is 2.18. The van der Waals surface area contributed by atoms with E-state index in [0.717, 1.165) is 0 Å². The topological polar surface area (TPSA) is 84.7 Å². The van der Waals surface area contributed by atoms with Gasteiger partial charge in [-0.05, 0) is 26.0 Å². The zero-order valence-electron chi connectivity index (χ0n) is 12.4. The van der Waals surface area contributed by atoms with Gasteiger partial charge in [-0.15, -0.1) is 0 Å². The molecule has 1 amide bonds. The first kappa shape index (κ1) is 17.1. The Kier molecular flexibility index (Phi) is 6.30. The maximum atomic E-state index is 12.0. The fourth-order valence-electron chi connectivity index (χ4n) is 1.93. The van der Waals surface area contributed by atoms with E-state index in [-0.39, 0.29) is 23.0 Å². The SMILES string of the molecule is CCN(CC)C(=O)CNc1c(Cl)cc(N)cc1C(=O)OC. The third-order valence-electron chi connectivity index (χ3n) is 3.05. The van der Waals surface area contributed by atoms with E-state index in [0.29, 0.717) is 24.5 Å². The second-order valence-electron chi connectivity index (χ2n) is 4.34. The Balaban J connectivity index is 2.97. The Morgan fingerprint density at radius 3 is 2.48 bits per heavy atom. The molecule has 3 N–H and O–H groups in total. The first-order valence-corrected chi connectivity index (χ1v) is 7.01. The molecule has 0 spiro atoms. The molecule has 0 unspecified atom stereocenters. The number of nitrogens with two attached hydrogens (primary N) is 1. The summed E-state index contributed by atoms with van der Waals surface area (Å²) in [6, 6.07) is 2.97. The molecule has 21 heavy (non-hydrogen) atoms. The number of nitrogens with zero attached hydrogens (tertiary/aromatic N) is 1. The number of hydrogen-bond acceptors (Lipinski definition) is 5. The molecule has 0 atom stereocenters. The van der Waals surface area contributed by atoms with E-state index in [1.54, 1.807) is 4.90 Å². The number of carbonyl (C=O) groups is 2. The number of likely N-dealkylation sites (N-methyl/N-ethyl adjacent to an activating group) is 1. The van der Waals surface area contributed by atoms with Gasteiger partial charge in [0.25, 0.3) is 0 Å². The summed E-state index contributed by atoms with van der Waals surface area (Å²) in [5, 5.41) is 3.16. The number of hydrogen-bond donors (Lipinski definition) is 2. The molecule has 6 nitrogen and oxygen atoms in total. The summed E-state index contributed by atoms with van der Waals surface area (Å²) in [7, 11) is 1.27. The Labute approximate surface area is 129 Å². The lowest BCUT2D eigenvalue weighted by Gasteiger charge is -2.20. The molecule has 0 saturated heterocycles. The van der Waals surface area contributed by atoms with Crippen LogP contribution in [0.2, 0.25) is 5.02 Å². The van der Waals surface area contributed by atoms with Gasteiger partial charge in [0.1, 0.15) is 0 Å². The van der Waals surface area contributed by atoms with E-state index in [9.17, 15) is 9.59 Å². The number of methoxy groups -OCH3 is 1. The molecule has 1 rings (SSSR count). The molecule has 0 aliphatic heterocycles. The summed E-state index contributed by atoms with van der Waals surface area (Å²) in [4.78, 5) is 25.4. The van der Waals surface area contributed by atoms with Gasteiger partial charge < -0.3 is 20.7 Å². The van der Waals surface area contributed by atoms with Crippen molar-refractivity contribution in [2.45, 2.75) is 13.8 Å². The predicted octanol–water partition coefficient (Wildman–Crippen LogP) is 1.99. The highest BCUT2D eigenvalue weighted by Crippen LogP contribution is 2.29. The van der Waals surface area contributed by atoms with Crippen molar-refractivity contribution < 1.29 is 14.3 Å². The summed E-state index contributed by atoms with van der Waals surface area (Å²) in [6.45, 7) is 5.08. The maximum absolute atomic E-state index is 12.0. The number of rotatable bonds is 6. The molecular formula is C14H20ClN3O3. The van der Waals surface area contributed by atoms with Gasteiger partial charge in [0.05, 0.1) is 29.9 Å². The van der Waals surface area contributed by atoms with Gasteiger partial charge >= 0.3 is 5.97 Å². The molecule has 0 bridgehead atoms. The molecule has 1 aromatic carbocycles. The van der Waals surface area contributed by atoms with Crippen molar-refractivity contribution in [1.82, 2.24) is 4.90 Å². The van der Waals surface area contributed by atoms with E-state index in [1.165, 1.54) is 19.2 Å². The highest BCUT2D eigenvalue weighted by atomic mass is 35.5. The second-order valence-corrected chi connectivity index (χ2v) is 4.74. The largest absolute Gasteiger partial charge is 0.465 e. The average molecular weight is 314 g/mol. The molecule has 0 fully saturated rings. The molecule has 0 radical (unpaired) electrons. The van der Waals surface area contributed by atoms with Crippen LogP contribution in [0.5, 0.6) is 0 Å². The van der Waals surface area contributed by atoms with Crippen LogP contribution in [0.3, 0.4) is 0 Å². The fraction of sp³-hybridized carbons (Fsp3) is 0.429. The van der Waals surface area contributed by atoms with E-state index >= 15 is 0 Å². The molecule has 0 heterocycles. The molecule has 7 heteroatoms. The van der Waals surface area contributed by atoms with Crippen LogP contribution in [-0.2, 0) is 9.53 Å². The molecule has 0 aliphatic rings. The third kappa shape index (κ3) is 4.26. The zero-order chi connectivity index (χ0) is 16.0. The van der Waals surface area contributed by atoms with Gasteiger partial charge in [0, 0.05) is 18.8 Å². The fourth-order valence-corrected chi connectivity index (χ4v) is 2.22. The monoisotopic (exact) mass is 313 g/mol. The molecule has 116 valence electrons. The van der Waals surface area contributed by atoms with E-state index in [2.05, 4.69) is 5.32 Å². The zero-order valence-corrected chi connectivity index (χ0v) is 13.2. The van der Waals surface area contributed by atoms with Crippen molar-refractivity contribution in [3.05, 3.63) is 22.7 Å². The van der Waals surface area contributed by atoms with Gasteiger partial charge in [-0.25, -0.2) is 4.79 Å². The summed E-state index contributed by atoms with van der Waals surface area (Å²) < 4.78 is 4.70. The first-order valence-electron chi connectivity index (χ1n) is 6.63. The molecule has 1 aromatic rings. The smallest absolute Gasteiger partial charge is 0.340 e. The number of carbonyl (C=O) groups excluding carboxylic acids is 2. The van der Waals surface area contributed by atoms with Crippen LogP contribution >= 0.6 is 11.6 Å². The lowest BCUT2D eigenvalue weighted by atomic mass is 10.1. The minimum absolute atomic E-state index is 0.0370. The lowest BCUT2D eigenvalue weighted by molar-refractivity contribution is -0.128. The summed E-state index contributed by atoms with van der Waals surface area (Å²) in [6.07, 6.45) is 0. The summed E-state index contributed by atoms with van der Waals surface area (Å²) in [5.41, 5.74) is 6.57. The van der Waals surface area contributed by atoms with Crippen molar-refractivity contribution in [1.29, 1.82) is 0 Å². The van der Waals surface area contributed by atoms with Crippen molar-refractivity contribution in [2.75, 3.05) is 37.8 Å². The summed E-state index contributed by atoms with van der Waals surface area (Å²) >= 11 is 6.09. The predicted molar refractivity (Wildman–Crippen MR) is 83.6 cm³/mol. The maximum Gasteiger partial charge on any atom is 0.340 e. The Morgan fingerprint density at radius 2 is 1.95 bits per heavy atom. The van der Waals surface area contributed by atoms with Gasteiger partial charge in [0.2, 0.25) is 5.91 Å².